The van der Waals surface area contributed by atoms with Crippen LogP contribution in [0.1, 0.15) is 16.8 Å². The van der Waals surface area contributed by atoms with Crippen LogP contribution in [0.3, 0.4) is 0 Å². The van der Waals surface area contributed by atoms with Crippen LogP contribution in [0.25, 0.3) is 5.65 Å². The first-order valence-electron chi connectivity index (χ1n) is 6.53. The second kappa shape index (κ2) is 5.68. The van der Waals surface area contributed by atoms with Gasteiger partial charge in [-0.1, -0.05) is 41.9 Å². The zero-order valence-corrected chi connectivity index (χ0v) is 11.9. The first-order valence-corrected chi connectivity index (χ1v) is 6.91. The summed E-state index contributed by atoms with van der Waals surface area (Å²) < 4.78 is 1.42. The molecule has 1 aromatic carbocycles. The van der Waals surface area contributed by atoms with Crippen molar-refractivity contribution in [2.45, 2.75) is 13.0 Å². The number of nitrogens with zero attached hydrogens (tertiary/aromatic N) is 2. The molecule has 0 radical (unpaired) electrons. The van der Waals surface area contributed by atoms with E-state index in [9.17, 15) is 9.90 Å². The van der Waals surface area contributed by atoms with E-state index in [2.05, 4.69) is 4.98 Å². The number of aromatic nitrogens is 2. The molecule has 2 aromatic heterocycles. The predicted molar refractivity (Wildman–Crippen MR) is 81.6 cm³/mol. The molecule has 0 saturated heterocycles. The number of halogens is 1. The smallest absolute Gasteiger partial charge is 0.261 e. The van der Waals surface area contributed by atoms with Gasteiger partial charge in [-0.2, -0.15) is 0 Å². The van der Waals surface area contributed by atoms with Gasteiger partial charge in [0, 0.05) is 18.2 Å². The van der Waals surface area contributed by atoms with E-state index in [1.165, 1.54) is 4.40 Å². The highest BCUT2D eigenvalue weighted by Gasteiger charge is 2.13. The van der Waals surface area contributed by atoms with Crippen LogP contribution >= 0.6 is 11.6 Å². The molecule has 3 rings (SSSR count). The van der Waals surface area contributed by atoms with Crippen molar-refractivity contribution < 1.29 is 5.11 Å². The fourth-order valence-electron chi connectivity index (χ4n) is 2.30. The predicted octanol–water partition coefficient (Wildman–Crippen LogP) is 2.43. The fraction of sp³-hybridized carbons (Fsp3) is 0.125. The standard InChI is InChI=1S/C16H13ClN2O2/c17-12-6-7-15-18-14(10-20)13(16(21)19(15)9-12)8-11-4-2-1-3-5-11/h1-7,9,20H,8,10H2. The quantitative estimate of drug-likeness (QED) is 0.808. The van der Waals surface area contributed by atoms with Crippen LogP contribution in [0.5, 0.6) is 0 Å². The molecule has 21 heavy (non-hydrogen) atoms. The van der Waals surface area contributed by atoms with Gasteiger partial charge in [0.2, 0.25) is 0 Å². The van der Waals surface area contributed by atoms with Gasteiger partial charge in [0.15, 0.2) is 0 Å². The molecular formula is C16H13ClN2O2. The third kappa shape index (κ3) is 2.68. The van der Waals surface area contributed by atoms with Crippen molar-refractivity contribution in [3.8, 4) is 0 Å². The number of fused-ring (bicyclic) bond motifs is 1. The molecule has 0 aliphatic rings. The molecule has 0 spiro atoms. The van der Waals surface area contributed by atoms with E-state index < -0.39 is 0 Å². The zero-order valence-electron chi connectivity index (χ0n) is 11.2. The van der Waals surface area contributed by atoms with Crippen molar-refractivity contribution in [3.63, 3.8) is 0 Å². The molecule has 1 N–H and O–H groups in total. The fourth-order valence-corrected chi connectivity index (χ4v) is 2.46. The summed E-state index contributed by atoms with van der Waals surface area (Å²) in [5, 5.41) is 9.96. The summed E-state index contributed by atoms with van der Waals surface area (Å²) in [6.45, 7) is -0.267. The highest BCUT2D eigenvalue weighted by atomic mass is 35.5. The summed E-state index contributed by atoms with van der Waals surface area (Å²) >= 11 is 5.94. The van der Waals surface area contributed by atoms with Gasteiger partial charge < -0.3 is 5.11 Å². The van der Waals surface area contributed by atoms with E-state index in [4.69, 9.17) is 11.6 Å². The molecular weight excluding hydrogens is 288 g/mol. The molecule has 4 nitrogen and oxygen atoms in total. The molecule has 0 aliphatic heterocycles. The molecule has 0 bridgehead atoms. The van der Waals surface area contributed by atoms with E-state index >= 15 is 0 Å². The lowest BCUT2D eigenvalue weighted by atomic mass is 10.0. The Morgan fingerprint density at radius 2 is 1.90 bits per heavy atom. The Morgan fingerprint density at radius 3 is 2.62 bits per heavy atom. The second-order valence-corrected chi connectivity index (χ2v) is 5.17. The summed E-state index contributed by atoms with van der Waals surface area (Å²) in [6, 6.07) is 13.0. The Hall–Kier alpha value is -2.17. The van der Waals surface area contributed by atoms with Crippen LogP contribution in [0.15, 0.2) is 53.5 Å². The molecule has 0 atom stereocenters. The van der Waals surface area contributed by atoms with Gasteiger partial charge >= 0.3 is 0 Å². The maximum Gasteiger partial charge on any atom is 0.261 e. The average molecular weight is 301 g/mol. The Bertz CT molecular complexity index is 844. The summed E-state index contributed by atoms with van der Waals surface area (Å²) in [7, 11) is 0. The summed E-state index contributed by atoms with van der Waals surface area (Å²) in [4.78, 5) is 17.0. The van der Waals surface area contributed by atoms with Crippen molar-refractivity contribution >= 4 is 17.2 Å². The Balaban J connectivity index is 2.20. The molecule has 3 aromatic rings. The molecule has 0 aliphatic carbocycles. The number of hydrogen-bond donors (Lipinski definition) is 1. The molecule has 2 heterocycles. The van der Waals surface area contributed by atoms with Crippen LogP contribution in [0.4, 0.5) is 0 Å². The number of aliphatic hydroxyl groups is 1. The number of rotatable bonds is 3. The lowest BCUT2D eigenvalue weighted by Crippen LogP contribution is -2.23. The van der Waals surface area contributed by atoms with Gasteiger partial charge in [0.1, 0.15) is 5.65 Å². The van der Waals surface area contributed by atoms with E-state index in [1.54, 1.807) is 18.3 Å². The minimum absolute atomic E-state index is 0.199. The van der Waals surface area contributed by atoms with E-state index in [-0.39, 0.29) is 12.2 Å². The van der Waals surface area contributed by atoms with Gasteiger partial charge in [-0.25, -0.2) is 4.98 Å². The van der Waals surface area contributed by atoms with E-state index in [1.807, 2.05) is 30.3 Å². The topological polar surface area (TPSA) is 54.6 Å². The number of pyridine rings is 1. The van der Waals surface area contributed by atoms with Crippen LogP contribution in [0, 0.1) is 0 Å². The number of aliphatic hydroxyl groups excluding tert-OH is 1. The first-order chi connectivity index (χ1) is 10.2. The van der Waals surface area contributed by atoms with Gasteiger partial charge in [0.25, 0.3) is 5.56 Å². The highest BCUT2D eigenvalue weighted by Crippen LogP contribution is 2.13. The minimum Gasteiger partial charge on any atom is -0.390 e. The van der Waals surface area contributed by atoms with Crippen molar-refractivity contribution in [2.75, 3.05) is 0 Å². The van der Waals surface area contributed by atoms with Gasteiger partial charge in [-0.15, -0.1) is 0 Å². The van der Waals surface area contributed by atoms with Crippen LogP contribution in [-0.4, -0.2) is 14.5 Å². The normalized spacial score (nSPS) is 11.0. The van der Waals surface area contributed by atoms with Crippen LogP contribution in [-0.2, 0) is 13.0 Å². The molecule has 0 saturated carbocycles. The van der Waals surface area contributed by atoms with Gasteiger partial charge in [0.05, 0.1) is 17.3 Å². The van der Waals surface area contributed by atoms with Crippen molar-refractivity contribution in [1.82, 2.24) is 9.38 Å². The van der Waals surface area contributed by atoms with Crippen molar-refractivity contribution in [2.24, 2.45) is 0 Å². The summed E-state index contributed by atoms with van der Waals surface area (Å²) in [5.41, 5.74) is 2.17. The van der Waals surface area contributed by atoms with E-state index in [0.717, 1.165) is 5.56 Å². The second-order valence-electron chi connectivity index (χ2n) is 4.74. The maximum absolute atomic E-state index is 12.6. The van der Waals surface area contributed by atoms with Gasteiger partial charge in [-0.05, 0) is 17.7 Å². The summed E-state index contributed by atoms with van der Waals surface area (Å²) in [6.07, 6.45) is 1.97. The highest BCUT2D eigenvalue weighted by molar-refractivity contribution is 6.30. The molecule has 0 fully saturated rings. The van der Waals surface area contributed by atoms with Crippen molar-refractivity contribution in [3.05, 3.63) is 80.9 Å². The summed E-state index contributed by atoms with van der Waals surface area (Å²) in [5.74, 6) is 0. The SMILES string of the molecule is O=c1c(Cc2ccccc2)c(CO)nc2ccc(Cl)cn12. The lowest BCUT2D eigenvalue weighted by Gasteiger charge is -2.09. The Kier molecular flexibility index (Phi) is 3.73. The Labute approximate surface area is 126 Å². The molecule has 5 heteroatoms. The van der Waals surface area contributed by atoms with Crippen molar-refractivity contribution in [1.29, 1.82) is 0 Å². The van der Waals surface area contributed by atoms with Crippen LogP contribution < -0.4 is 5.56 Å². The third-order valence-corrected chi connectivity index (χ3v) is 3.56. The number of benzene rings is 1. The average Bonchev–Trinajstić information content (AvgIpc) is 2.51. The first kappa shape index (κ1) is 13.8. The Morgan fingerprint density at radius 1 is 1.14 bits per heavy atom. The molecule has 0 amide bonds. The van der Waals surface area contributed by atoms with Crippen LogP contribution in [0.2, 0.25) is 5.02 Å². The largest absolute Gasteiger partial charge is 0.390 e. The molecule has 0 unspecified atom stereocenters. The number of hydrogen-bond acceptors (Lipinski definition) is 3. The third-order valence-electron chi connectivity index (χ3n) is 3.34. The monoisotopic (exact) mass is 300 g/mol. The molecule has 106 valence electrons. The minimum atomic E-state index is -0.267. The van der Waals surface area contributed by atoms with Gasteiger partial charge in [-0.3, -0.25) is 9.20 Å². The maximum atomic E-state index is 12.6. The zero-order chi connectivity index (χ0) is 14.8. The lowest BCUT2D eigenvalue weighted by molar-refractivity contribution is 0.275. The van der Waals surface area contributed by atoms with E-state index in [0.29, 0.717) is 28.3 Å².